The average molecular weight is 367 g/mol. The van der Waals surface area contributed by atoms with Gasteiger partial charge in [-0.25, -0.2) is 4.79 Å². The lowest BCUT2D eigenvalue weighted by Crippen LogP contribution is -2.38. The lowest BCUT2D eigenvalue weighted by atomic mass is 10.0. The number of aliphatic hydroxyl groups is 1. The van der Waals surface area contributed by atoms with Crippen molar-refractivity contribution in [3.63, 3.8) is 0 Å². The number of benzene rings is 1. The molecule has 2 aromatic heterocycles. The Bertz CT molecular complexity index is 1060. The molecule has 1 aromatic carbocycles. The quantitative estimate of drug-likeness (QED) is 0.741. The van der Waals surface area contributed by atoms with Gasteiger partial charge >= 0.3 is 5.69 Å². The van der Waals surface area contributed by atoms with Gasteiger partial charge in [-0.3, -0.25) is 18.9 Å². The zero-order chi connectivity index (χ0) is 19.6. The van der Waals surface area contributed by atoms with Crippen LogP contribution < -0.4 is 16.0 Å². The Balaban J connectivity index is 2.03. The molecule has 1 N–H and O–H groups in total. The van der Waals surface area contributed by atoms with Gasteiger partial charge < -0.3 is 9.84 Å². The van der Waals surface area contributed by atoms with E-state index in [1.807, 2.05) is 0 Å². The van der Waals surface area contributed by atoms with Crippen LogP contribution in [-0.2, 0) is 12.1 Å². The van der Waals surface area contributed by atoms with Gasteiger partial charge in [0.1, 0.15) is 5.75 Å². The molecule has 0 fully saturated rings. The summed E-state index contributed by atoms with van der Waals surface area (Å²) in [6, 6.07) is 10.2. The minimum absolute atomic E-state index is 0.140. The van der Waals surface area contributed by atoms with Crippen LogP contribution in [0.25, 0.3) is 5.69 Å². The van der Waals surface area contributed by atoms with E-state index in [9.17, 15) is 14.7 Å². The molecule has 27 heavy (non-hydrogen) atoms. The third kappa shape index (κ3) is 3.98. The van der Waals surface area contributed by atoms with Crippen molar-refractivity contribution in [1.82, 2.24) is 14.1 Å². The maximum atomic E-state index is 12.9. The minimum atomic E-state index is -1.09. The molecule has 0 bridgehead atoms. The topological polar surface area (TPSA) is 86.3 Å². The molecule has 0 unspecified atom stereocenters. The Kier molecular flexibility index (Phi) is 4.96. The zero-order valence-corrected chi connectivity index (χ0v) is 15.4. The summed E-state index contributed by atoms with van der Waals surface area (Å²) in [5, 5.41) is 10.2. The Morgan fingerprint density at radius 3 is 2.44 bits per heavy atom. The number of rotatable bonds is 5. The fraction of sp³-hybridized carbons (Fsp3) is 0.250. The molecule has 0 atom stereocenters. The zero-order valence-electron chi connectivity index (χ0n) is 15.4. The maximum Gasteiger partial charge on any atom is 0.335 e. The van der Waals surface area contributed by atoms with Crippen molar-refractivity contribution in [3.8, 4) is 11.4 Å². The third-order valence-corrected chi connectivity index (χ3v) is 4.28. The van der Waals surface area contributed by atoms with E-state index in [1.165, 1.54) is 23.0 Å². The first kappa shape index (κ1) is 18.6. The predicted octanol–water partition coefficient (Wildman–Crippen LogP) is 1.68. The minimum Gasteiger partial charge on any atom is -0.497 e. The first-order chi connectivity index (χ1) is 12.8. The summed E-state index contributed by atoms with van der Waals surface area (Å²) in [5.41, 5.74) is -0.116. The summed E-state index contributed by atoms with van der Waals surface area (Å²) < 4.78 is 7.61. The van der Waals surface area contributed by atoms with Gasteiger partial charge in [0, 0.05) is 24.0 Å². The predicted molar refractivity (Wildman–Crippen MR) is 101 cm³/mol. The second-order valence-electron chi connectivity index (χ2n) is 6.73. The van der Waals surface area contributed by atoms with Crippen LogP contribution in [0.15, 0.2) is 64.6 Å². The molecule has 7 heteroatoms. The highest BCUT2D eigenvalue weighted by atomic mass is 16.5. The highest BCUT2D eigenvalue weighted by molar-refractivity contribution is 5.34. The molecule has 7 nitrogen and oxygen atoms in total. The molecule has 0 saturated carbocycles. The number of ether oxygens (including phenoxy) is 1. The van der Waals surface area contributed by atoms with Crippen LogP contribution in [0.4, 0.5) is 0 Å². The van der Waals surface area contributed by atoms with Crippen molar-refractivity contribution >= 4 is 0 Å². The van der Waals surface area contributed by atoms with Gasteiger partial charge in [0.2, 0.25) is 0 Å². The first-order valence-electron chi connectivity index (χ1n) is 8.43. The van der Waals surface area contributed by atoms with Crippen molar-refractivity contribution in [2.75, 3.05) is 7.11 Å². The highest BCUT2D eigenvalue weighted by Gasteiger charge is 2.17. The molecule has 3 aromatic rings. The molecule has 0 aliphatic carbocycles. The molecule has 0 amide bonds. The van der Waals surface area contributed by atoms with E-state index in [2.05, 4.69) is 4.98 Å². The second kappa shape index (κ2) is 7.20. The lowest BCUT2D eigenvalue weighted by Gasteiger charge is -2.18. The smallest absolute Gasteiger partial charge is 0.335 e. The summed E-state index contributed by atoms with van der Waals surface area (Å²) in [6.07, 6.45) is 4.47. The molecular weight excluding hydrogens is 346 g/mol. The largest absolute Gasteiger partial charge is 0.497 e. The van der Waals surface area contributed by atoms with Crippen LogP contribution in [-0.4, -0.2) is 26.3 Å². The molecule has 140 valence electrons. The number of hydrogen-bond acceptors (Lipinski definition) is 5. The van der Waals surface area contributed by atoms with Crippen molar-refractivity contribution in [1.29, 1.82) is 0 Å². The molecule has 3 rings (SSSR count). The van der Waals surface area contributed by atoms with Crippen molar-refractivity contribution < 1.29 is 9.84 Å². The molecular formula is C20H21N3O4. The van der Waals surface area contributed by atoms with Crippen LogP contribution in [0.3, 0.4) is 0 Å². The van der Waals surface area contributed by atoms with E-state index < -0.39 is 16.9 Å². The molecule has 0 saturated heterocycles. The van der Waals surface area contributed by atoms with Gasteiger partial charge in [-0.2, -0.15) is 0 Å². The summed E-state index contributed by atoms with van der Waals surface area (Å²) in [5.74, 6) is 0.700. The average Bonchev–Trinajstić information content (AvgIpc) is 2.65. The fourth-order valence-electron chi connectivity index (χ4n) is 2.67. The van der Waals surface area contributed by atoms with Gasteiger partial charge in [0.25, 0.3) is 5.56 Å². The molecule has 0 aliphatic rings. The number of hydrogen-bond donors (Lipinski definition) is 1. The lowest BCUT2D eigenvalue weighted by molar-refractivity contribution is 0.0782. The number of aromatic nitrogens is 3. The van der Waals surface area contributed by atoms with Crippen molar-refractivity contribution in [2.45, 2.75) is 26.0 Å². The second-order valence-corrected chi connectivity index (χ2v) is 6.73. The molecule has 0 radical (unpaired) electrons. The van der Waals surface area contributed by atoms with Crippen LogP contribution in [0.5, 0.6) is 5.75 Å². The van der Waals surface area contributed by atoms with Gasteiger partial charge in [-0.1, -0.05) is 12.1 Å². The van der Waals surface area contributed by atoms with Gasteiger partial charge in [0.05, 0.1) is 31.1 Å². The Labute approximate surface area is 156 Å². The van der Waals surface area contributed by atoms with Crippen molar-refractivity contribution in [3.05, 3.63) is 87.0 Å². The summed E-state index contributed by atoms with van der Waals surface area (Å²) in [7, 11) is 1.57. The van der Waals surface area contributed by atoms with Crippen LogP contribution >= 0.6 is 0 Å². The molecule has 2 heterocycles. The third-order valence-electron chi connectivity index (χ3n) is 4.28. The van der Waals surface area contributed by atoms with E-state index in [-0.39, 0.29) is 6.54 Å². The Morgan fingerprint density at radius 1 is 1.11 bits per heavy atom. The number of methoxy groups -OCH3 is 1. The highest BCUT2D eigenvalue weighted by Crippen LogP contribution is 2.20. The number of pyridine rings is 1. The van der Waals surface area contributed by atoms with E-state index in [1.54, 1.807) is 57.5 Å². The van der Waals surface area contributed by atoms with E-state index in [0.29, 0.717) is 17.0 Å². The molecule has 0 spiro atoms. The monoisotopic (exact) mass is 367 g/mol. The normalized spacial score (nSPS) is 11.4. The fourth-order valence-corrected chi connectivity index (χ4v) is 2.67. The molecule has 0 aliphatic heterocycles. The maximum absolute atomic E-state index is 12.9. The summed E-state index contributed by atoms with van der Waals surface area (Å²) in [6.45, 7) is 3.42. The van der Waals surface area contributed by atoms with Crippen LogP contribution in [0.1, 0.15) is 25.0 Å². The Hall–Kier alpha value is -3.19. The standard InChI is InChI=1S/C20H21N3O4/c1-20(2,26)15-10-16(12-21-11-15)22-9-8-18(24)23(19(22)25)13-14-4-6-17(27-3)7-5-14/h4-12,26H,13H2,1-3H3. The van der Waals surface area contributed by atoms with Gasteiger partial charge in [-0.05, 0) is 37.6 Å². The van der Waals surface area contributed by atoms with E-state index in [0.717, 1.165) is 10.1 Å². The van der Waals surface area contributed by atoms with Crippen molar-refractivity contribution in [2.24, 2.45) is 0 Å². The van der Waals surface area contributed by atoms with E-state index >= 15 is 0 Å². The van der Waals surface area contributed by atoms with Crippen LogP contribution in [0, 0.1) is 0 Å². The van der Waals surface area contributed by atoms with Gasteiger partial charge in [0.15, 0.2) is 0 Å². The van der Waals surface area contributed by atoms with Crippen LogP contribution in [0.2, 0.25) is 0 Å². The summed E-state index contributed by atoms with van der Waals surface area (Å²) in [4.78, 5) is 29.2. The first-order valence-corrected chi connectivity index (χ1v) is 8.43. The van der Waals surface area contributed by atoms with Gasteiger partial charge in [-0.15, -0.1) is 0 Å². The number of nitrogens with zero attached hydrogens (tertiary/aromatic N) is 3. The Morgan fingerprint density at radius 2 is 1.81 bits per heavy atom. The SMILES string of the molecule is COc1ccc(Cn2c(=O)ccn(-c3cncc(C(C)(C)O)c3)c2=O)cc1. The van der Waals surface area contributed by atoms with E-state index in [4.69, 9.17) is 4.74 Å². The summed E-state index contributed by atoms with van der Waals surface area (Å²) >= 11 is 0.